The molecule has 1 aliphatic carbocycles. The molecule has 108 valence electrons. The highest BCUT2D eigenvalue weighted by molar-refractivity contribution is 4.86. The number of unbranched alkanes of at least 4 members (excludes halogenated alkanes) is 1. The van der Waals surface area contributed by atoms with Crippen molar-refractivity contribution in [1.82, 2.24) is 5.32 Å². The van der Waals surface area contributed by atoms with Crippen LogP contribution < -0.4 is 5.32 Å². The van der Waals surface area contributed by atoms with Crippen molar-refractivity contribution in [2.45, 2.75) is 72.3 Å². The van der Waals surface area contributed by atoms with Crippen LogP contribution >= 0.6 is 0 Å². The van der Waals surface area contributed by atoms with E-state index in [9.17, 15) is 0 Å². The third-order valence-electron chi connectivity index (χ3n) is 4.21. The minimum Gasteiger partial charge on any atom is -0.381 e. The van der Waals surface area contributed by atoms with Gasteiger partial charge in [-0.1, -0.05) is 34.1 Å². The van der Waals surface area contributed by atoms with E-state index in [4.69, 9.17) is 4.74 Å². The van der Waals surface area contributed by atoms with Gasteiger partial charge in [-0.25, -0.2) is 0 Å². The molecule has 1 saturated carbocycles. The van der Waals surface area contributed by atoms with Gasteiger partial charge >= 0.3 is 0 Å². The van der Waals surface area contributed by atoms with Crippen LogP contribution in [0.2, 0.25) is 0 Å². The lowest BCUT2D eigenvalue weighted by molar-refractivity contribution is 0.121. The lowest BCUT2D eigenvalue weighted by Gasteiger charge is -2.39. The normalized spacial score (nSPS) is 27.3. The summed E-state index contributed by atoms with van der Waals surface area (Å²) in [5, 5.41) is 3.72. The molecule has 0 saturated heterocycles. The summed E-state index contributed by atoms with van der Waals surface area (Å²) in [6.07, 6.45) is 7.64. The van der Waals surface area contributed by atoms with Gasteiger partial charge in [0.1, 0.15) is 0 Å². The Balaban J connectivity index is 2.02. The second-order valence-corrected chi connectivity index (χ2v) is 6.76. The van der Waals surface area contributed by atoms with Crippen molar-refractivity contribution in [2.75, 3.05) is 19.8 Å². The maximum absolute atomic E-state index is 5.58. The summed E-state index contributed by atoms with van der Waals surface area (Å²) < 4.78 is 5.58. The molecule has 0 aromatic heterocycles. The van der Waals surface area contributed by atoms with Crippen LogP contribution in [0.4, 0.5) is 0 Å². The summed E-state index contributed by atoms with van der Waals surface area (Å²) >= 11 is 0. The van der Waals surface area contributed by atoms with Gasteiger partial charge in [-0.15, -0.1) is 0 Å². The fraction of sp³-hybridized carbons (Fsp3) is 1.00. The number of hydrogen-bond acceptors (Lipinski definition) is 2. The van der Waals surface area contributed by atoms with E-state index >= 15 is 0 Å². The zero-order chi connectivity index (χ0) is 13.4. The average molecular weight is 255 g/mol. The average Bonchev–Trinajstić information content (AvgIpc) is 2.29. The number of hydrogen-bond donors (Lipinski definition) is 1. The minimum absolute atomic E-state index is 0.556. The Morgan fingerprint density at radius 2 is 1.94 bits per heavy atom. The summed E-state index contributed by atoms with van der Waals surface area (Å²) in [6, 6.07) is 0.730. The molecule has 0 bridgehead atoms. The zero-order valence-electron chi connectivity index (χ0n) is 12.9. The molecule has 2 atom stereocenters. The molecule has 18 heavy (non-hydrogen) atoms. The molecule has 2 nitrogen and oxygen atoms in total. The van der Waals surface area contributed by atoms with Gasteiger partial charge in [-0.2, -0.15) is 0 Å². The zero-order valence-corrected chi connectivity index (χ0v) is 12.9. The van der Waals surface area contributed by atoms with Gasteiger partial charge in [0, 0.05) is 19.3 Å². The van der Waals surface area contributed by atoms with E-state index < -0.39 is 0 Å². The first kappa shape index (κ1) is 16.0. The molecule has 1 N–H and O–H groups in total. The van der Waals surface area contributed by atoms with E-state index in [1.807, 2.05) is 0 Å². The molecule has 1 fully saturated rings. The maximum Gasteiger partial charge on any atom is 0.0478 e. The van der Waals surface area contributed by atoms with E-state index in [-0.39, 0.29) is 0 Å². The molecule has 0 radical (unpaired) electrons. The third-order valence-corrected chi connectivity index (χ3v) is 4.21. The second-order valence-electron chi connectivity index (χ2n) is 6.76. The molecule has 1 aliphatic rings. The van der Waals surface area contributed by atoms with Crippen molar-refractivity contribution in [3.05, 3.63) is 0 Å². The Bertz CT molecular complexity index is 215. The molecule has 0 aliphatic heterocycles. The third kappa shape index (κ3) is 6.19. The second kappa shape index (κ2) is 8.16. The van der Waals surface area contributed by atoms with Crippen molar-refractivity contribution in [3.8, 4) is 0 Å². The maximum atomic E-state index is 5.58. The van der Waals surface area contributed by atoms with Crippen molar-refractivity contribution in [1.29, 1.82) is 0 Å². The van der Waals surface area contributed by atoms with E-state index in [1.165, 1.54) is 32.1 Å². The van der Waals surface area contributed by atoms with E-state index in [1.54, 1.807) is 0 Å². The Kier molecular flexibility index (Phi) is 7.25. The first-order valence-electron chi connectivity index (χ1n) is 7.86. The summed E-state index contributed by atoms with van der Waals surface area (Å²) in [4.78, 5) is 0. The monoisotopic (exact) mass is 255 g/mol. The highest BCUT2D eigenvalue weighted by Gasteiger charge is 2.31. The van der Waals surface area contributed by atoms with Crippen molar-refractivity contribution < 1.29 is 4.74 Å². The molecule has 0 spiro atoms. The molecule has 1 rings (SSSR count). The summed E-state index contributed by atoms with van der Waals surface area (Å²) in [6.45, 7) is 12.4. The van der Waals surface area contributed by atoms with Crippen LogP contribution in [0.3, 0.4) is 0 Å². The van der Waals surface area contributed by atoms with Gasteiger partial charge in [-0.05, 0) is 50.0 Å². The standard InChI is InChI=1S/C16H33NO/c1-5-6-11-18-12-7-10-17-15-8-9-16(3,4)13-14(15)2/h14-15,17H,5-13H2,1-4H3. The van der Waals surface area contributed by atoms with Gasteiger partial charge in [0.25, 0.3) is 0 Å². The molecule has 0 aromatic carbocycles. The number of rotatable bonds is 8. The largest absolute Gasteiger partial charge is 0.381 e. The van der Waals surface area contributed by atoms with Crippen LogP contribution in [0.15, 0.2) is 0 Å². The van der Waals surface area contributed by atoms with E-state index in [0.29, 0.717) is 5.41 Å². The SMILES string of the molecule is CCCCOCCCNC1CCC(C)(C)CC1C. The van der Waals surface area contributed by atoms with Gasteiger partial charge in [0.05, 0.1) is 0 Å². The minimum atomic E-state index is 0.556. The van der Waals surface area contributed by atoms with Crippen LogP contribution in [0.5, 0.6) is 0 Å². The van der Waals surface area contributed by atoms with Crippen molar-refractivity contribution >= 4 is 0 Å². The fourth-order valence-corrected chi connectivity index (χ4v) is 3.06. The Labute approximate surface area is 114 Å². The highest BCUT2D eigenvalue weighted by atomic mass is 16.5. The molecule has 2 heteroatoms. The fourth-order valence-electron chi connectivity index (χ4n) is 3.06. The predicted molar refractivity (Wildman–Crippen MR) is 78.9 cm³/mol. The summed E-state index contributed by atoms with van der Waals surface area (Å²) in [5.41, 5.74) is 0.556. The topological polar surface area (TPSA) is 21.3 Å². The first-order chi connectivity index (χ1) is 8.55. The van der Waals surface area contributed by atoms with Gasteiger partial charge in [0.15, 0.2) is 0 Å². The van der Waals surface area contributed by atoms with Gasteiger partial charge in [0.2, 0.25) is 0 Å². The Morgan fingerprint density at radius 3 is 2.61 bits per heavy atom. The first-order valence-corrected chi connectivity index (χ1v) is 7.86. The van der Waals surface area contributed by atoms with Crippen molar-refractivity contribution in [3.63, 3.8) is 0 Å². The molecule has 2 unspecified atom stereocenters. The summed E-state index contributed by atoms with van der Waals surface area (Å²) in [7, 11) is 0. The lowest BCUT2D eigenvalue weighted by atomic mass is 9.70. The predicted octanol–water partition coefficient (Wildman–Crippen LogP) is 4.00. The molecule has 0 amide bonds. The summed E-state index contributed by atoms with van der Waals surface area (Å²) in [5.74, 6) is 0.815. The molecule has 0 heterocycles. The van der Waals surface area contributed by atoms with Gasteiger partial charge in [-0.3, -0.25) is 0 Å². The van der Waals surface area contributed by atoms with Crippen LogP contribution in [-0.2, 0) is 4.74 Å². The van der Waals surface area contributed by atoms with Crippen LogP contribution in [0, 0.1) is 11.3 Å². The molecular weight excluding hydrogens is 222 g/mol. The lowest BCUT2D eigenvalue weighted by Crippen LogP contribution is -2.42. The highest BCUT2D eigenvalue weighted by Crippen LogP contribution is 2.38. The number of ether oxygens (including phenoxy) is 1. The number of nitrogens with one attached hydrogen (secondary N) is 1. The Hall–Kier alpha value is -0.0800. The van der Waals surface area contributed by atoms with E-state index in [0.717, 1.165) is 38.1 Å². The van der Waals surface area contributed by atoms with Gasteiger partial charge < -0.3 is 10.1 Å². The van der Waals surface area contributed by atoms with Crippen LogP contribution in [0.25, 0.3) is 0 Å². The Morgan fingerprint density at radius 1 is 1.22 bits per heavy atom. The molecule has 0 aromatic rings. The quantitative estimate of drug-likeness (QED) is 0.662. The van der Waals surface area contributed by atoms with Crippen LogP contribution in [-0.4, -0.2) is 25.8 Å². The molecular formula is C16H33NO. The van der Waals surface area contributed by atoms with Crippen molar-refractivity contribution in [2.24, 2.45) is 11.3 Å². The van der Waals surface area contributed by atoms with E-state index in [2.05, 4.69) is 33.0 Å². The van der Waals surface area contributed by atoms with Crippen LogP contribution in [0.1, 0.15) is 66.2 Å². The smallest absolute Gasteiger partial charge is 0.0478 e.